The number of nitro benzene ring substituents is 1. The molecule has 4 aromatic rings. The van der Waals surface area contributed by atoms with Gasteiger partial charge in [-0.15, -0.1) is 0 Å². The summed E-state index contributed by atoms with van der Waals surface area (Å²) in [6.45, 7) is 6.19. The van der Waals surface area contributed by atoms with Gasteiger partial charge in [0.2, 0.25) is 0 Å². The van der Waals surface area contributed by atoms with E-state index in [0.717, 1.165) is 44.3 Å². The quantitative estimate of drug-likeness (QED) is 0.167. The number of nitrogens with one attached hydrogen (secondary N) is 2. The molecule has 0 atom stereocenters. The van der Waals surface area contributed by atoms with E-state index in [4.69, 9.17) is 0 Å². The minimum atomic E-state index is -0.354. The lowest BCUT2D eigenvalue weighted by molar-refractivity contribution is -0.384. The number of nitrogens with zero attached hydrogens (tertiary/aromatic N) is 1. The Bertz CT molecular complexity index is 1220. The second kappa shape index (κ2) is 10.5. The zero-order valence-electron chi connectivity index (χ0n) is 19.4. The number of para-hydroxylation sites is 1. The van der Waals surface area contributed by atoms with Crippen LogP contribution in [0.1, 0.15) is 35.1 Å². The van der Waals surface area contributed by atoms with E-state index in [1.165, 1.54) is 38.9 Å². The Morgan fingerprint density at radius 3 is 2.33 bits per heavy atom. The monoisotopic (exact) mass is 441 g/mol. The molecule has 1 heterocycles. The zero-order chi connectivity index (χ0) is 23.2. The van der Waals surface area contributed by atoms with Crippen LogP contribution >= 0.6 is 0 Å². The molecule has 2 N–H and O–H groups in total. The highest BCUT2D eigenvalue weighted by molar-refractivity contribution is 5.91. The maximum Gasteiger partial charge on any atom is 0.269 e. The van der Waals surface area contributed by atoms with Crippen molar-refractivity contribution in [1.82, 2.24) is 10.3 Å². The number of unbranched alkanes of at least 4 members (excludes halogenated alkanes) is 1. The predicted molar refractivity (Wildman–Crippen MR) is 136 cm³/mol. The second-order valence-corrected chi connectivity index (χ2v) is 8.78. The van der Waals surface area contributed by atoms with E-state index >= 15 is 0 Å². The molecule has 1 aromatic heterocycles. The first kappa shape index (κ1) is 22.7. The third-order valence-corrected chi connectivity index (χ3v) is 6.09. The van der Waals surface area contributed by atoms with Crippen LogP contribution in [-0.4, -0.2) is 23.0 Å². The van der Waals surface area contributed by atoms with Crippen LogP contribution in [0.4, 0.5) is 5.69 Å². The van der Waals surface area contributed by atoms with Gasteiger partial charge in [-0.3, -0.25) is 10.1 Å². The Kier molecular flexibility index (Phi) is 7.20. The van der Waals surface area contributed by atoms with Crippen LogP contribution < -0.4 is 5.32 Å². The van der Waals surface area contributed by atoms with Gasteiger partial charge in [0, 0.05) is 28.7 Å². The highest BCUT2D eigenvalue weighted by atomic mass is 16.6. The summed E-state index contributed by atoms with van der Waals surface area (Å²) in [5.74, 6) is 0. The molecule has 0 radical (unpaired) electrons. The lowest BCUT2D eigenvalue weighted by atomic mass is 9.99. The van der Waals surface area contributed by atoms with Crippen LogP contribution in [0.25, 0.3) is 22.2 Å². The standard InChI is InChI=1S/C28H31N3O2/c1-20-17-21(2)19-23(18-20)28-26(25-8-3-4-9-27(25)30-28)14-16-29-15-6-5-7-22-10-12-24(13-11-22)31(32)33/h3-4,8-13,17-19,29-30H,5-7,14-16H2,1-2H3. The van der Waals surface area contributed by atoms with Crippen molar-refractivity contribution in [3.63, 3.8) is 0 Å². The molecule has 5 nitrogen and oxygen atoms in total. The summed E-state index contributed by atoms with van der Waals surface area (Å²) in [4.78, 5) is 14.1. The number of hydrogen-bond donors (Lipinski definition) is 2. The van der Waals surface area contributed by atoms with Gasteiger partial charge in [-0.05, 0) is 87.5 Å². The molecule has 0 aliphatic carbocycles. The molecule has 0 aliphatic rings. The van der Waals surface area contributed by atoms with E-state index in [0.29, 0.717) is 0 Å². The fraction of sp³-hybridized carbons (Fsp3) is 0.286. The van der Waals surface area contributed by atoms with Gasteiger partial charge in [-0.25, -0.2) is 0 Å². The van der Waals surface area contributed by atoms with Gasteiger partial charge in [0.1, 0.15) is 0 Å². The number of nitro groups is 1. The molecule has 170 valence electrons. The SMILES string of the molecule is Cc1cc(C)cc(-c2[nH]c3ccccc3c2CCNCCCCc2ccc([N+](=O)[O-])cc2)c1. The summed E-state index contributed by atoms with van der Waals surface area (Å²) in [5, 5.41) is 15.7. The molecule has 0 bridgehead atoms. The average molecular weight is 442 g/mol. The van der Waals surface area contributed by atoms with E-state index in [-0.39, 0.29) is 10.6 Å². The lowest BCUT2D eigenvalue weighted by Crippen LogP contribution is -2.18. The van der Waals surface area contributed by atoms with Crippen molar-refractivity contribution < 1.29 is 4.92 Å². The van der Waals surface area contributed by atoms with Crippen LogP contribution in [-0.2, 0) is 12.8 Å². The van der Waals surface area contributed by atoms with Crippen LogP contribution in [0.15, 0.2) is 66.7 Å². The predicted octanol–water partition coefficient (Wildman–Crippen LogP) is 6.51. The van der Waals surface area contributed by atoms with Gasteiger partial charge in [0.15, 0.2) is 0 Å². The number of H-pyrrole nitrogens is 1. The number of aryl methyl sites for hydroxylation is 3. The van der Waals surface area contributed by atoms with E-state index in [9.17, 15) is 10.1 Å². The summed E-state index contributed by atoms with van der Waals surface area (Å²) >= 11 is 0. The van der Waals surface area contributed by atoms with Gasteiger partial charge in [-0.2, -0.15) is 0 Å². The van der Waals surface area contributed by atoms with Crippen LogP contribution in [0.5, 0.6) is 0 Å². The molecule has 0 amide bonds. The largest absolute Gasteiger partial charge is 0.354 e. The van der Waals surface area contributed by atoms with Crippen LogP contribution in [0.2, 0.25) is 0 Å². The van der Waals surface area contributed by atoms with Crippen LogP contribution in [0.3, 0.4) is 0 Å². The number of non-ortho nitro benzene ring substituents is 1. The topological polar surface area (TPSA) is 71.0 Å². The summed E-state index contributed by atoms with van der Waals surface area (Å²) < 4.78 is 0. The zero-order valence-corrected chi connectivity index (χ0v) is 19.4. The molecule has 33 heavy (non-hydrogen) atoms. The molecule has 4 rings (SSSR count). The Balaban J connectivity index is 1.32. The maximum absolute atomic E-state index is 10.8. The molecular weight excluding hydrogens is 410 g/mol. The minimum absolute atomic E-state index is 0.151. The fourth-order valence-corrected chi connectivity index (χ4v) is 4.53. The van der Waals surface area contributed by atoms with Crippen molar-refractivity contribution in [2.45, 2.75) is 39.5 Å². The van der Waals surface area contributed by atoms with Gasteiger partial charge in [-0.1, -0.05) is 47.5 Å². The first-order chi connectivity index (χ1) is 16.0. The Morgan fingerprint density at radius 1 is 0.879 bits per heavy atom. The molecule has 0 saturated carbocycles. The first-order valence-corrected chi connectivity index (χ1v) is 11.6. The van der Waals surface area contributed by atoms with E-state index in [1.54, 1.807) is 12.1 Å². The molecule has 3 aromatic carbocycles. The molecule has 0 spiro atoms. The lowest BCUT2D eigenvalue weighted by Gasteiger charge is -2.09. The third-order valence-electron chi connectivity index (χ3n) is 6.09. The van der Waals surface area contributed by atoms with Gasteiger partial charge in [0.05, 0.1) is 4.92 Å². The number of aromatic nitrogens is 1. The third kappa shape index (κ3) is 5.68. The van der Waals surface area contributed by atoms with Crippen LogP contribution in [0, 0.1) is 24.0 Å². The summed E-state index contributed by atoms with van der Waals surface area (Å²) in [5.41, 5.74) is 8.89. The number of benzene rings is 3. The van der Waals surface area contributed by atoms with Crippen molar-refractivity contribution in [2.24, 2.45) is 0 Å². The summed E-state index contributed by atoms with van der Waals surface area (Å²) in [6, 6.07) is 22.2. The highest BCUT2D eigenvalue weighted by Gasteiger charge is 2.13. The molecule has 0 aliphatic heterocycles. The van der Waals surface area contributed by atoms with Gasteiger partial charge < -0.3 is 10.3 Å². The average Bonchev–Trinajstić information content (AvgIpc) is 3.17. The number of fused-ring (bicyclic) bond motifs is 1. The first-order valence-electron chi connectivity index (χ1n) is 11.6. The van der Waals surface area contributed by atoms with Gasteiger partial charge in [0.25, 0.3) is 5.69 Å². The van der Waals surface area contributed by atoms with E-state index in [2.05, 4.69) is 66.6 Å². The molecule has 0 saturated heterocycles. The van der Waals surface area contributed by atoms with Crippen molar-refractivity contribution >= 4 is 16.6 Å². The number of rotatable bonds is 10. The fourth-order valence-electron chi connectivity index (χ4n) is 4.53. The Morgan fingerprint density at radius 2 is 1.61 bits per heavy atom. The maximum atomic E-state index is 10.8. The van der Waals surface area contributed by atoms with Crippen molar-refractivity contribution in [3.05, 3.63) is 99.1 Å². The smallest absolute Gasteiger partial charge is 0.269 e. The number of aromatic amines is 1. The molecule has 0 fully saturated rings. The summed E-state index contributed by atoms with van der Waals surface area (Å²) in [7, 11) is 0. The molecular formula is C28H31N3O2. The Labute approximate surface area is 195 Å². The summed E-state index contributed by atoms with van der Waals surface area (Å²) in [6.07, 6.45) is 4.05. The second-order valence-electron chi connectivity index (χ2n) is 8.78. The normalized spacial score (nSPS) is 11.2. The van der Waals surface area contributed by atoms with Crippen molar-refractivity contribution in [3.8, 4) is 11.3 Å². The number of hydrogen-bond acceptors (Lipinski definition) is 3. The minimum Gasteiger partial charge on any atom is -0.354 e. The van der Waals surface area contributed by atoms with Gasteiger partial charge >= 0.3 is 0 Å². The van der Waals surface area contributed by atoms with Crippen molar-refractivity contribution in [1.29, 1.82) is 0 Å². The molecule has 5 heteroatoms. The van der Waals surface area contributed by atoms with E-state index < -0.39 is 0 Å². The van der Waals surface area contributed by atoms with Crippen molar-refractivity contribution in [2.75, 3.05) is 13.1 Å². The van der Waals surface area contributed by atoms with E-state index in [1.807, 2.05) is 12.1 Å². The molecule has 0 unspecified atom stereocenters. The highest BCUT2D eigenvalue weighted by Crippen LogP contribution is 2.31. The Hall–Kier alpha value is -3.44.